The predicted molar refractivity (Wildman–Crippen MR) is 99.4 cm³/mol. The van der Waals surface area contributed by atoms with Crippen LogP contribution in [0.25, 0.3) is 5.65 Å². The molecule has 1 N–H and O–H groups in total. The lowest BCUT2D eigenvalue weighted by Crippen LogP contribution is -2.27. The summed E-state index contributed by atoms with van der Waals surface area (Å²) in [6, 6.07) is 11.8. The maximum atomic E-state index is 12.3. The van der Waals surface area contributed by atoms with E-state index < -0.39 is 0 Å². The van der Waals surface area contributed by atoms with Crippen LogP contribution in [-0.4, -0.2) is 33.7 Å². The van der Waals surface area contributed by atoms with Crippen molar-refractivity contribution in [3.63, 3.8) is 0 Å². The molecule has 2 aromatic heterocycles. The topological polar surface area (TPSA) is 68.5 Å². The maximum Gasteiger partial charge on any atom is 0.311 e. The van der Waals surface area contributed by atoms with Crippen LogP contribution in [0.1, 0.15) is 12.5 Å². The van der Waals surface area contributed by atoms with Crippen LogP contribution < -0.4 is 5.32 Å². The van der Waals surface area contributed by atoms with Gasteiger partial charge in [0.15, 0.2) is 5.65 Å². The number of anilines is 1. The first kappa shape index (κ1) is 17.4. The number of carbonyl (C=O) groups is 1. The molecular formula is C18H19BrN4O2. The number of ether oxygens (including phenoxy) is 1. The Morgan fingerprint density at radius 3 is 2.88 bits per heavy atom. The number of halogens is 1. The molecule has 3 rings (SSSR count). The minimum atomic E-state index is -0.284. The van der Waals surface area contributed by atoms with E-state index >= 15 is 0 Å². The molecular weight excluding hydrogens is 384 g/mol. The molecule has 25 heavy (non-hydrogen) atoms. The highest BCUT2D eigenvalue weighted by molar-refractivity contribution is 9.10. The average Bonchev–Trinajstić information content (AvgIpc) is 3.00. The molecule has 3 aromatic rings. The van der Waals surface area contributed by atoms with Gasteiger partial charge in [-0.3, -0.25) is 4.79 Å². The van der Waals surface area contributed by atoms with E-state index in [4.69, 9.17) is 4.74 Å². The molecule has 0 amide bonds. The minimum absolute atomic E-state index is 0.203. The second kappa shape index (κ2) is 8.11. The fraction of sp³-hybridized carbons (Fsp3) is 0.278. The van der Waals surface area contributed by atoms with Crippen molar-refractivity contribution in [2.75, 3.05) is 18.5 Å². The molecule has 1 unspecified atom stereocenters. The molecule has 1 aromatic carbocycles. The highest BCUT2D eigenvalue weighted by Gasteiger charge is 2.20. The highest BCUT2D eigenvalue weighted by Crippen LogP contribution is 2.18. The Bertz CT molecular complexity index is 851. The van der Waals surface area contributed by atoms with Crippen molar-refractivity contribution in [3.8, 4) is 0 Å². The van der Waals surface area contributed by atoms with Gasteiger partial charge in [0.05, 0.1) is 23.2 Å². The van der Waals surface area contributed by atoms with Gasteiger partial charge in [-0.15, -0.1) is 0 Å². The Balaban J connectivity index is 1.72. The Kier molecular flexibility index (Phi) is 5.65. The summed E-state index contributed by atoms with van der Waals surface area (Å²) in [5, 5.41) is 7.41. The van der Waals surface area contributed by atoms with Gasteiger partial charge in [-0.1, -0.05) is 30.3 Å². The minimum Gasteiger partial charge on any atom is -0.466 e. The summed E-state index contributed by atoms with van der Waals surface area (Å²) in [5.41, 5.74) is 1.82. The van der Waals surface area contributed by atoms with E-state index in [-0.39, 0.29) is 11.9 Å². The molecule has 0 spiro atoms. The number of carbonyl (C=O) groups excluding carboxylic acids is 1. The second-order valence-corrected chi connectivity index (χ2v) is 6.45. The Morgan fingerprint density at radius 1 is 1.32 bits per heavy atom. The molecule has 2 heterocycles. The monoisotopic (exact) mass is 402 g/mol. The van der Waals surface area contributed by atoms with Crippen molar-refractivity contribution < 1.29 is 9.53 Å². The zero-order valence-electron chi connectivity index (χ0n) is 13.9. The standard InChI is InChI=1S/C18H19BrN4O2/c1-2-25-18(24)14(10-13-6-4-3-5-7-13)11-20-16-8-9-23-17(22-16)15(19)12-21-23/h3-9,12,14H,2,10-11H2,1H3,(H,20,22). The number of fused-ring (bicyclic) bond motifs is 1. The molecule has 0 saturated carbocycles. The van der Waals surface area contributed by atoms with E-state index in [2.05, 4.69) is 31.3 Å². The van der Waals surface area contributed by atoms with Gasteiger partial charge >= 0.3 is 5.97 Å². The summed E-state index contributed by atoms with van der Waals surface area (Å²) >= 11 is 3.42. The number of nitrogens with one attached hydrogen (secondary N) is 1. The predicted octanol–water partition coefficient (Wildman–Crippen LogP) is 3.33. The fourth-order valence-corrected chi connectivity index (χ4v) is 2.93. The average molecular weight is 403 g/mol. The molecule has 6 nitrogen and oxygen atoms in total. The van der Waals surface area contributed by atoms with Crippen molar-refractivity contribution >= 4 is 33.4 Å². The lowest BCUT2D eigenvalue weighted by molar-refractivity contribution is -0.147. The summed E-state index contributed by atoms with van der Waals surface area (Å²) in [6.45, 7) is 2.64. The number of benzene rings is 1. The summed E-state index contributed by atoms with van der Waals surface area (Å²) in [7, 11) is 0. The normalized spacial score (nSPS) is 12.1. The lowest BCUT2D eigenvalue weighted by Gasteiger charge is -2.17. The molecule has 0 fully saturated rings. The first-order chi connectivity index (χ1) is 12.2. The SMILES string of the molecule is CCOC(=O)C(CNc1ccn2ncc(Br)c2n1)Cc1ccccc1. The number of hydrogen-bond acceptors (Lipinski definition) is 5. The molecule has 1 atom stereocenters. The van der Waals surface area contributed by atoms with Crippen LogP contribution in [-0.2, 0) is 16.0 Å². The van der Waals surface area contributed by atoms with E-state index in [9.17, 15) is 4.79 Å². The first-order valence-corrected chi connectivity index (χ1v) is 8.91. The van der Waals surface area contributed by atoms with Crippen molar-refractivity contribution in [2.24, 2.45) is 5.92 Å². The van der Waals surface area contributed by atoms with Gasteiger partial charge in [-0.25, -0.2) is 9.50 Å². The van der Waals surface area contributed by atoms with E-state index in [1.54, 1.807) is 10.7 Å². The zero-order chi connectivity index (χ0) is 17.6. The Labute approximate surface area is 154 Å². The number of esters is 1. The molecule has 130 valence electrons. The third-order valence-corrected chi connectivity index (χ3v) is 4.36. The molecule has 0 aliphatic heterocycles. The molecule has 0 radical (unpaired) electrons. The van der Waals surface area contributed by atoms with E-state index in [0.29, 0.717) is 25.4 Å². The summed E-state index contributed by atoms with van der Waals surface area (Å²) in [5.74, 6) is 0.204. The van der Waals surface area contributed by atoms with Crippen LogP contribution in [0.4, 0.5) is 5.82 Å². The van der Waals surface area contributed by atoms with Gasteiger partial charge in [0.2, 0.25) is 0 Å². The number of hydrogen-bond donors (Lipinski definition) is 1. The third-order valence-electron chi connectivity index (χ3n) is 3.80. The van der Waals surface area contributed by atoms with Gasteiger partial charge in [0.1, 0.15) is 5.82 Å². The quantitative estimate of drug-likeness (QED) is 0.613. The van der Waals surface area contributed by atoms with Gasteiger partial charge < -0.3 is 10.1 Å². The number of aromatic nitrogens is 3. The van der Waals surface area contributed by atoms with E-state index in [1.165, 1.54) is 0 Å². The Hall–Kier alpha value is -2.41. The lowest BCUT2D eigenvalue weighted by atomic mass is 9.99. The number of rotatable bonds is 7. The van der Waals surface area contributed by atoms with Crippen LogP contribution in [0, 0.1) is 5.92 Å². The van der Waals surface area contributed by atoms with Crippen LogP contribution in [0.5, 0.6) is 0 Å². The molecule has 0 saturated heterocycles. The molecule has 0 bridgehead atoms. The van der Waals surface area contributed by atoms with Crippen LogP contribution >= 0.6 is 15.9 Å². The van der Waals surface area contributed by atoms with Gasteiger partial charge in [-0.05, 0) is 40.9 Å². The van der Waals surface area contributed by atoms with Crippen LogP contribution in [0.3, 0.4) is 0 Å². The van der Waals surface area contributed by atoms with E-state index in [0.717, 1.165) is 15.7 Å². The van der Waals surface area contributed by atoms with Crippen LogP contribution in [0.2, 0.25) is 0 Å². The van der Waals surface area contributed by atoms with Gasteiger partial charge in [-0.2, -0.15) is 5.10 Å². The molecule has 0 aliphatic rings. The summed E-state index contributed by atoms with van der Waals surface area (Å²) in [6.07, 6.45) is 4.14. The zero-order valence-corrected chi connectivity index (χ0v) is 15.4. The van der Waals surface area contributed by atoms with Gasteiger partial charge in [0, 0.05) is 12.7 Å². The van der Waals surface area contributed by atoms with Crippen molar-refractivity contribution in [1.29, 1.82) is 0 Å². The molecule has 7 heteroatoms. The molecule has 0 aliphatic carbocycles. The summed E-state index contributed by atoms with van der Waals surface area (Å²) in [4.78, 5) is 16.8. The van der Waals surface area contributed by atoms with Crippen molar-refractivity contribution in [3.05, 3.63) is 58.8 Å². The van der Waals surface area contributed by atoms with Crippen LogP contribution in [0.15, 0.2) is 53.3 Å². The summed E-state index contributed by atoms with van der Waals surface area (Å²) < 4.78 is 7.72. The number of nitrogens with zero attached hydrogens (tertiary/aromatic N) is 3. The van der Waals surface area contributed by atoms with Gasteiger partial charge in [0.25, 0.3) is 0 Å². The highest BCUT2D eigenvalue weighted by atomic mass is 79.9. The van der Waals surface area contributed by atoms with E-state index in [1.807, 2.05) is 49.5 Å². The fourth-order valence-electron chi connectivity index (χ4n) is 2.56. The smallest absolute Gasteiger partial charge is 0.311 e. The third kappa shape index (κ3) is 4.36. The maximum absolute atomic E-state index is 12.3. The van der Waals surface area contributed by atoms with Crippen molar-refractivity contribution in [2.45, 2.75) is 13.3 Å². The largest absolute Gasteiger partial charge is 0.466 e. The van der Waals surface area contributed by atoms with Crippen molar-refractivity contribution in [1.82, 2.24) is 14.6 Å². The Morgan fingerprint density at radius 2 is 2.12 bits per heavy atom. The second-order valence-electron chi connectivity index (χ2n) is 5.59. The first-order valence-electron chi connectivity index (χ1n) is 8.11.